The first kappa shape index (κ1) is 13.8. The van der Waals surface area contributed by atoms with Crippen LogP contribution in [0.15, 0.2) is 48.7 Å². The van der Waals surface area contributed by atoms with Crippen molar-refractivity contribution >= 4 is 0 Å². The van der Waals surface area contributed by atoms with E-state index in [1.165, 1.54) is 5.56 Å². The van der Waals surface area contributed by atoms with Crippen molar-refractivity contribution in [2.75, 3.05) is 0 Å². The third-order valence-electron chi connectivity index (χ3n) is 3.28. The second-order valence-electron chi connectivity index (χ2n) is 5.92. The zero-order chi connectivity index (χ0) is 13.9. The molecule has 19 heavy (non-hydrogen) atoms. The highest BCUT2D eigenvalue weighted by Gasteiger charge is 2.14. The molecule has 0 saturated heterocycles. The average Bonchev–Trinajstić information content (AvgIpc) is 2.39. The lowest BCUT2D eigenvalue weighted by Crippen LogP contribution is -2.11. The lowest BCUT2D eigenvalue weighted by molar-refractivity contribution is 0.173. The van der Waals surface area contributed by atoms with Crippen LogP contribution in [-0.4, -0.2) is 10.1 Å². The highest BCUT2D eigenvalue weighted by Crippen LogP contribution is 2.23. The first-order valence-corrected chi connectivity index (χ1v) is 6.65. The molecule has 2 rings (SSSR count). The predicted octanol–water partition coefficient (Wildman–Crippen LogP) is 3.66. The Morgan fingerprint density at radius 1 is 1.05 bits per heavy atom. The maximum Gasteiger partial charge on any atom is 0.0999 e. The largest absolute Gasteiger partial charge is 0.386 e. The van der Waals surface area contributed by atoms with E-state index in [4.69, 9.17) is 0 Å². The molecule has 0 aliphatic heterocycles. The summed E-state index contributed by atoms with van der Waals surface area (Å²) < 4.78 is 0. The summed E-state index contributed by atoms with van der Waals surface area (Å²) in [6, 6.07) is 14.1. The van der Waals surface area contributed by atoms with Crippen molar-refractivity contribution in [3.05, 3.63) is 65.5 Å². The van der Waals surface area contributed by atoms with Crippen molar-refractivity contribution in [3.8, 4) is 0 Å². The maximum atomic E-state index is 10.1. The van der Waals surface area contributed by atoms with Crippen LogP contribution in [0.4, 0.5) is 0 Å². The van der Waals surface area contributed by atoms with Crippen LogP contribution < -0.4 is 0 Å². The van der Waals surface area contributed by atoms with Gasteiger partial charge in [0.05, 0.1) is 11.8 Å². The molecule has 1 N–H and O–H groups in total. The minimum absolute atomic E-state index is 0.165. The monoisotopic (exact) mass is 255 g/mol. The van der Waals surface area contributed by atoms with Gasteiger partial charge in [-0.1, -0.05) is 51.1 Å². The summed E-state index contributed by atoms with van der Waals surface area (Å²) in [5.41, 5.74) is 3.33. The highest BCUT2D eigenvalue weighted by atomic mass is 16.3. The summed E-state index contributed by atoms with van der Waals surface area (Å²) in [5.74, 6) is 0. The molecule has 0 radical (unpaired) electrons. The Kier molecular flexibility index (Phi) is 4.01. The summed E-state index contributed by atoms with van der Waals surface area (Å²) in [6.07, 6.45) is 1.77. The highest BCUT2D eigenvalue weighted by molar-refractivity contribution is 5.28. The van der Waals surface area contributed by atoms with Crippen molar-refractivity contribution in [1.82, 2.24) is 4.98 Å². The van der Waals surface area contributed by atoms with Crippen LogP contribution >= 0.6 is 0 Å². The SMILES string of the molecule is CC(C)(C)c1ccc(C[C@H](O)c2ccccn2)cc1. The van der Waals surface area contributed by atoms with E-state index < -0.39 is 6.10 Å². The normalized spacial score (nSPS) is 13.3. The number of pyridine rings is 1. The lowest BCUT2D eigenvalue weighted by Gasteiger charge is -2.19. The van der Waals surface area contributed by atoms with E-state index in [9.17, 15) is 5.11 Å². The van der Waals surface area contributed by atoms with E-state index in [0.29, 0.717) is 6.42 Å². The molecule has 2 heteroatoms. The second kappa shape index (κ2) is 5.54. The molecule has 1 heterocycles. The molecule has 0 spiro atoms. The number of benzene rings is 1. The number of aliphatic hydroxyl groups excluding tert-OH is 1. The number of hydrogen-bond donors (Lipinski definition) is 1. The van der Waals surface area contributed by atoms with Gasteiger partial charge in [-0.2, -0.15) is 0 Å². The van der Waals surface area contributed by atoms with Crippen molar-refractivity contribution in [2.45, 2.75) is 38.7 Å². The summed E-state index contributed by atoms with van der Waals surface area (Å²) in [6.45, 7) is 6.60. The summed E-state index contributed by atoms with van der Waals surface area (Å²) in [4.78, 5) is 4.18. The fraction of sp³-hybridized carbons (Fsp3) is 0.353. The minimum Gasteiger partial charge on any atom is -0.386 e. The zero-order valence-electron chi connectivity index (χ0n) is 11.8. The molecule has 0 aliphatic carbocycles. The molecule has 0 bridgehead atoms. The first-order chi connectivity index (χ1) is 8.97. The van der Waals surface area contributed by atoms with E-state index in [-0.39, 0.29) is 5.41 Å². The van der Waals surface area contributed by atoms with Crippen molar-refractivity contribution < 1.29 is 5.11 Å². The molecule has 0 amide bonds. The maximum absolute atomic E-state index is 10.1. The van der Waals surface area contributed by atoms with Crippen molar-refractivity contribution in [3.63, 3.8) is 0 Å². The van der Waals surface area contributed by atoms with Gasteiger partial charge in [-0.15, -0.1) is 0 Å². The van der Waals surface area contributed by atoms with Gasteiger partial charge in [-0.25, -0.2) is 0 Å². The van der Waals surface area contributed by atoms with Crippen molar-refractivity contribution in [1.29, 1.82) is 0 Å². The Balaban J connectivity index is 2.08. The summed E-state index contributed by atoms with van der Waals surface area (Å²) in [5, 5.41) is 10.1. The molecule has 100 valence electrons. The zero-order valence-corrected chi connectivity index (χ0v) is 11.8. The fourth-order valence-corrected chi connectivity index (χ4v) is 2.04. The van der Waals surface area contributed by atoms with Crippen LogP contribution in [0.25, 0.3) is 0 Å². The van der Waals surface area contributed by atoms with E-state index >= 15 is 0 Å². The second-order valence-corrected chi connectivity index (χ2v) is 5.92. The molecule has 1 aromatic heterocycles. The van der Waals surface area contributed by atoms with Gasteiger partial charge in [0.15, 0.2) is 0 Å². The van der Waals surface area contributed by atoms with E-state index in [1.54, 1.807) is 6.20 Å². The molecule has 0 aliphatic rings. The minimum atomic E-state index is -0.540. The fourth-order valence-electron chi connectivity index (χ4n) is 2.04. The molecule has 0 saturated carbocycles. The van der Waals surface area contributed by atoms with Crippen LogP contribution in [0, 0.1) is 0 Å². The topological polar surface area (TPSA) is 33.1 Å². The number of hydrogen-bond acceptors (Lipinski definition) is 2. The molecule has 0 fully saturated rings. The van der Waals surface area contributed by atoms with Gasteiger partial charge < -0.3 is 5.11 Å². The van der Waals surface area contributed by atoms with Gasteiger partial charge in [-0.05, 0) is 28.7 Å². The van der Waals surface area contributed by atoms with E-state index in [1.807, 2.05) is 18.2 Å². The van der Waals surface area contributed by atoms with Crippen LogP contribution in [0.5, 0.6) is 0 Å². The van der Waals surface area contributed by atoms with E-state index in [2.05, 4.69) is 50.0 Å². The summed E-state index contributed by atoms with van der Waals surface area (Å²) in [7, 11) is 0. The Bertz CT molecular complexity index is 511. The lowest BCUT2D eigenvalue weighted by atomic mass is 9.86. The van der Waals surface area contributed by atoms with Gasteiger partial charge in [-0.3, -0.25) is 4.98 Å². The molecular formula is C17H21NO. The molecule has 2 aromatic rings. The third kappa shape index (κ3) is 3.65. The van der Waals surface area contributed by atoms with Crippen LogP contribution in [-0.2, 0) is 11.8 Å². The number of aliphatic hydroxyl groups is 1. The van der Waals surface area contributed by atoms with Crippen LogP contribution in [0.3, 0.4) is 0 Å². The van der Waals surface area contributed by atoms with E-state index in [0.717, 1.165) is 11.3 Å². The van der Waals surface area contributed by atoms with Crippen LogP contribution in [0.1, 0.15) is 43.7 Å². The van der Waals surface area contributed by atoms with Gasteiger partial charge in [0.2, 0.25) is 0 Å². The Hall–Kier alpha value is -1.67. The molecular weight excluding hydrogens is 234 g/mol. The first-order valence-electron chi connectivity index (χ1n) is 6.65. The number of rotatable bonds is 3. The predicted molar refractivity (Wildman–Crippen MR) is 78.0 cm³/mol. The van der Waals surface area contributed by atoms with Gasteiger partial charge in [0, 0.05) is 12.6 Å². The quantitative estimate of drug-likeness (QED) is 0.908. The van der Waals surface area contributed by atoms with Gasteiger partial charge in [0.1, 0.15) is 0 Å². The Labute approximate surface area is 115 Å². The van der Waals surface area contributed by atoms with Crippen LogP contribution in [0.2, 0.25) is 0 Å². The Morgan fingerprint density at radius 3 is 2.26 bits per heavy atom. The molecule has 1 atom stereocenters. The Morgan fingerprint density at radius 2 is 1.74 bits per heavy atom. The molecule has 0 unspecified atom stereocenters. The third-order valence-corrected chi connectivity index (χ3v) is 3.28. The van der Waals surface area contributed by atoms with Crippen molar-refractivity contribution in [2.24, 2.45) is 0 Å². The van der Waals surface area contributed by atoms with Gasteiger partial charge >= 0.3 is 0 Å². The van der Waals surface area contributed by atoms with Gasteiger partial charge in [0.25, 0.3) is 0 Å². The smallest absolute Gasteiger partial charge is 0.0999 e. The standard InChI is InChI=1S/C17H21NO/c1-17(2,3)14-9-7-13(8-10-14)12-16(19)15-6-4-5-11-18-15/h4-11,16,19H,12H2,1-3H3/t16-/m0/s1. The number of aromatic nitrogens is 1. The average molecular weight is 255 g/mol. The number of nitrogens with zero attached hydrogens (tertiary/aromatic N) is 1. The molecule has 1 aromatic carbocycles. The summed E-state index contributed by atoms with van der Waals surface area (Å²) >= 11 is 0. The molecule has 2 nitrogen and oxygen atoms in total.